The Morgan fingerprint density at radius 3 is 2.37 bits per heavy atom. The minimum Gasteiger partial charge on any atom is -0.393 e. The van der Waals surface area contributed by atoms with Crippen LogP contribution in [0.3, 0.4) is 0 Å². The fourth-order valence-corrected chi connectivity index (χ4v) is 8.51. The molecule has 3 heterocycles. The molecule has 0 spiro atoms. The van der Waals surface area contributed by atoms with Crippen LogP contribution in [0.15, 0.2) is 12.7 Å². The van der Waals surface area contributed by atoms with E-state index in [0.717, 1.165) is 29.0 Å². The number of phosphoric acid groups is 3. The SMILES string of the molecule is CC(C)(COP(=O)(O)OP(=O)(O)OC[C@H]1O[C@@H](n2cnc3c(N)ncnc32)[C@H](O)[C@@H]1OP(=O)(O)O)C(O)C(=O)NCCC(=O)NCCSC(=O)CCC(O)CCN. The number of thioether (sulfide) groups is 1. The largest absolute Gasteiger partial charge is 0.481 e. The number of nitrogens with zero attached hydrogens (tertiary/aromatic N) is 4. The van der Waals surface area contributed by atoms with Gasteiger partial charge < -0.3 is 61.7 Å². The lowest BCUT2D eigenvalue weighted by Gasteiger charge is -2.30. The molecule has 2 amide bonds. The molecule has 57 heavy (non-hydrogen) atoms. The monoisotopic (exact) mass is 896 g/mol. The van der Waals surface area contributed by atoms with E-state index < -0.39 is 90.7 Å². The van der Waals surface area contributed by atoms with Gasteiger partial charge in [0.2, 0.25) is 11.8 Å². The van der Waals surface area contributed by atoms with Crippen LogP contribution in [0.25, 0.3) is 11.2 Å². The number of hydrogen-bond acceptors (Lipinski definition) is 20. The number of hydrogen-bond donors (Lipinski definition) is 11. The number of anilines is 1. The summed E-state index contributed by atoms with van der Waals surface area (Å²) in [5.74, 6) is -1.24. The highest BCUT2D eigenvalue weighted by molar-refractivity contribution is 8.13. The maximum atomic E-state index is 12.7. The van der Waals surface area contributed by atoms with E-state index in [1.54, 1.807) is 0 Å². The van der Waals surface area contributed by atoms with Crippen LogP contribution < -0.4 is 22.1 Å². The Morgan fingerprint density at radius 2 is 1.70 bits per heavy atom. The Labute approximate surface area is 328 Å². The van der Waals surface area contributed by atoms with Crippen molar-refractivity contribution in [1.29, 1.82) is 0 Å². The lowest BCUT2D eigenvalue weighted by molar-refractivity contribution is -0.137. The topological polar surface area (TPSA) is 410 Å². The molecule has 0 radical (unpaired) electrons. The molecule has 3 rings (SSSR count). The third-order valence-corrected chi connectivity index (χ3v) is 12.0. The fourth-order valence-electron chi connectivity index (χ4n) is 4.99. The summed E-state index contributed by atoms with van der Waals surface area (Å²) in [6.45, 7) is 0.668. The van der Waals surface area contributed by atoms with Crippen LogP contribution in [0, 0.1) is 5.41 Å². The van der Waals surface area contributed by atoms with Gasteiger partial charge in [0, 0.05) is 37.1 Å². The third kappa shape index (κ3) is 15.5. The number of carbonyl (C=O) groups excluding carboxylic acids is 3. The molecule has 26 nitrogen and oxygen atoms in total. The molecule has 1 saturated heterocycles. The molecule has 1 aliphatic heterocycles. The highest BCUT2D eigenvalue weighted by Gasteiger charge is 2.50. The van der Waals surface area contributed by atoms with Crippen LogP contribution in [0.5, 0.6) is 0 Å². The number of imidazole rings is 1. The van der Waals surface area contributed by atoms with Crippen molar-refractivity contribution in [2.45, 2.75) is 76.3 Å². The fraction of sp³-hybridized carbons (Fsp3) is 0.704. The molecule has 0 aromatic carbocycles. The van der Waals surface area contributed by atoms with Gasteiger partial charge in [-0.3, -0.25) is 32.5 Å². The van der Waals surface area contributed by atoms with Gasteiger partial charge in [-0.1, -0.05) is 25.6 Å². The smallest absolute Gasteiger partial charge is 0.393 e. The molecule has 13 N–H and O–H groups in total. The summed E-state index contributed by atoms with van der Waals surface area (Å²) in [5, 5.41) is 35.8. The molecule has 8 atom stereocenters. The molecule has 30 heteroatoms. The van der Waals surface area contributed by atoms with Crippen LogP contribution in [0.1, 0.15) is 45.8 Å². The van der Waals surface area contributed by atoms with E-state index in [2.05, 4.69) is 34.4 Å². The van der Waals surface area contributed by atoms with E-state index in [4.69, 9.17) is 25.3 Å². The number of aliphatic hydroxyl groups is 3. The Bertz CT molecular complexity index is 1840. The molecule has 1 fully saturated rings. The molecule has 324 valence electrons. The predicted octanol–water partition coefficient (Wildman–Crippen LogP) is -1.85. The first-order valence-corrected chi connectivity index (χ1v) is 22.4. The van der Waals surface area contributed by atoms with Crippen molar-refractivity contribution in [2.75, 3.05) is 44.3 Å². The van der Waals surface area contributed by atoms with Gasteiger partial charge in [0.25, 0.3) is 0 Å². The first kappa shape index (κ1) is 48.8. The highest BCUT2D eigenvalue weighted by Crippen LogP contribution is 2.61. The van der Waals surface area contributed by atoms with Crippen molar-refractivity contribution in [1.82, 2.24) is 30.2 Å². The van der Waals surface area contributed by atoms with E-state index in [9.17, 15) is 63.0 Å². The first-order chi connectivity index (χ1) is 26.4. The second-order valence-corrected chi connectivity index (χ2v) is 18.4. The summed E-state index contributed by atoms with van der Waals surface area (Å²) in [4.78, 5) is 87.4. The van der Waals surface area contributed by atoms with Gasteiger partial charge in [0.1, 0.15) is 36.3 Å². The molecular weight excluding hydrogens is 849 g/mol. The van der Waals surface area contributed by atoms with Crippen LogP contribution in [-0.2, 0) is 50.7 Å². The molecular formula is C27H47N8O18P3S. The average molecular weight is 897 g/mol. The quantitative estimate of drug-likeness (QED) is 0.0407. The Balaban J connectivity index is 1.46. The second kappa shape index (κ2) is 21.1. The molecule has 0 saturated carbocycles. The van der Waals surface area contributed by atoms with E-state index in [1.807, 2.05) is 0 Å². The standard InChI is InChI=1S/C27H47N8O18P3S/c1-27(2,22(40)25(41)31-8-6-17(37)30-9-10-57-18(38)4-3-15(36)5-7-28)12-50-56(47,48)53-55(45,46)49-11-16-21(52-54(42,43)44)20(39)26(51-16)35-14-34-19-23(29)32-13-33-24(19)35/h13-16,20-22,26,36,39-40H,3-12,28H2,1-2H3,(H,30,37)(H,31,41)(H,45,46)(H,47,48)(H2,29,32,33)(H2,42,43,44)/t15?,16-,20-,21-,22?,26-/m1/s1. The number of aliphatic hydroxyl groups excluding tert-OH is 3. The normalized spacial score (nSPS) is 22.1. The van der Waals surface area contributed by atoms with Gasteiger partial charge in [0.15, 0.2) is 22.8 Å². The lowest BCUT2D eigenvalue weighted by Crippen LogP contribution is -2.46. The summed E-state index contributed by atoms with van der Waals surface area (Å²) < 4.78 is 62.0. The molecule has 0 aliphatic carbocycles. The number of nitrogens with two attached hydrogens (primary N) is 2. The zero-order chi connectivity index (χ0) is 42.8. The van der Waals surface area contributed by atoms with E-state index in [0.29, 0.717) is 13.0 Å². The highest BCUT2D eigenvalue weighted by atomic mass is 32.2. The maximum absolute atomic E-state index is 12.7. The molecule has 2 aromatic rings. The van der Waals surface area contributed by atoms with Gasteiger partial charge in [0.05, 0.1) is 25.6 Å². The predicted molar refractivity (Wildman–Crippen MR) is 196 cm³/mol. The van der Waals surface area contributed by atoms with Crippen LogP contribution in [0.4, 0.5) is 5.82 Å². The van der Waals surface area contributed by atoms with Crippen molar-refractivity contribution in [3.8, 4) is 0 Å². The van der Waals surface area contributed by atoms with E-state index >= 15 is 0 Å². The lowest BCUT2D eigenvalue weighted by atomic mass is 9.87. The van der Waals surface area contributed by atoms with E-state index in [-0.39, 0.29) is 60.2 Å². The number of ether oxygens (including phenoxy) is 1. The number of aromatic nitrogens is 4. The molecule has 2 aromatic heterocycles. The van der Waals surface area contributed by atoms with Crippen molar-refractivity contribution in [2.24, 2.45) is 11.1 Å². The summed E-state index contributed by atoms with van der Waals surface area (Å²) in [5.41, 5.74) is 9.58. The van der Waals surface area contributed by atoms with Crippen molar-refractivity contribution >= 4 is 69.1 Å². The Morgan fingerprint density at radius 1 is 1.02 bits per heavy atom. The van der Waals surface area contributed by atoms with Crippen molar-refractivity contribution < 1.29 is 85.6 Å². The number of nitrogens with one attached hydrogen (secondary N) is 2. The summed E-state index contributed by atoms with van der Waals surface area (Å²) in [6.07, 6.45) is -6.83. The number of amides is 2. The minimum absolute atomic E-state index is 0.0248. The average Bonchev–Trinajstić information content (AvgIpc) is 3.67. The van der Waals surface area contributed by atoms with Gasteiger partial charge in [-0.15, -0.1) is 0 Å². The number of nitrogen functional groups attached to an aromatic ring is 1. The van der Waals surface area contributed by atoms with E-state index in [1.165, 1.54) is 13.8 Å². The van der Waals surface area contributed by atoms with Crippen LogP contribution >= 0.6 is 35.2 Å². The van der Waals surface area contributed by atoms with Gasteiger partial charge in [-0.25, -0.2) is 28.6 Å². The molecule has 0 bridgehead atoms. The van der Waals surface area contributed by atoms with Crippen LogP contribution in [-0.4, -0.2) is 140 Å². The number of rotatable bonds is 24. The Kier molecular flexibility index (Phi) is 18.1. The van der Waals surface area contributed by atoms with Crippen molar-refractivity contribution in [3.63, 3.8) is 0 Å². The Hall–Kier alpha value is -2.52. The molecule has 1 aliphatic rings. The van der Waals surface area contributed by atoms with Crippen LogP contribution in [0.2, 0.25) is 0 Å². The first-order valence-electron chi connectivity index (χ1n) is 16.9. The molecule has 4 unspecified atom stereocenters. The minimum atomic E-state index is -5.58. The zero-order valence-electron chi connectivity index (χ0n) is 30.5. The summed E-state index contributed by atoms with van der Waals surface area (Å²) in [6, 6.07) is 0. The number of fused-ring (bicyclic) bond motifs is 1. The second-order valence-electron chi connectivity index (χ2n) is 13.1. The number of carbonyl (C=O) groups is 3. The number of phosphoric ester groups is 3. The van der Waals surface area contributed by atoms with Gasteiger partial charge in [-0.2, -0.15) is 4.31 Å². The van der Waals surface area contributed by atoms with Gasteiger partial charge >= 0.3 is 23.5 Å². The van der Waals surface area contributed by atoms with Crippen molar-refractivity contribution in [3.05, 3.63) is 12.7 Å². The zero-order valence-corrected chi connectivity index (χ0v) is 34.0. The maximum Gasteiger partial charge on any atom is 0.481 e. The van der Waals surface area contributed by atoms with Gasteiger partial charge in [-0.05, 0) is 19.4 Å². The third-order valence-electron chi connectivity index (χ3n) is 7.95. The summed E-state index contributed by atoms with van der Waals surface area (Å²) >= 11 is 0.988. The summed E-state index contributed by atoms with van der Waals surface area (Å²) in [7, 11) is -16.4.